The maximum absolute atomic E-state index is 12.8. The number of nitrogens with zero attached hydrogens (tertiary/aromatic N) is 2. The highest BCUT2D eigenvalue weighted by atomic mass is 16.4. The summed E-state index contributed by atoms with van der Waals surface area (Å²) in [6.07, 6.45) is 0.707. The molecule has 0 spiro atoms. The minimum atomic E-state index is -0.513. The third-order valence-corrected chi connectivity index (χ3v) is 5.79. The summed E-state index contributed by atoms with van der Waals surface area (Å²) >= 11 is 0. The second-order valence-corrected chi connectivity index (χ2v) is 9.59. The highest BCUT2D eigenvalue weighted by Gasteiger charge is 2.29. The van der Waals surface area contributed by atoms with E-state index in [9.17, 15) is 19.2 Å². The second-order valence-electron chi connectivity index (χ2n) is 9.59. The molecule has 180 valence electrons. The summed E-state index contributed by atoms with van der Waals surface area (Å²) < 4.78 is 5.32. The number of benzene rings is 1. The van der Waals surface area contributed by atoms with Gasteiger partial charge in [0.25, 0.3) is 0 Å². The van der Waals surface area contributed by atoms with Gasteiger partial charge in [0, 0.05) is 69.5 Å². The van der Waals surface area contributed by atoms with Gasteiger partial charge < -0.3 is 14.2 Å². The normalized spacial score (nSPS) is 12.3. The lowest BCUT2D eigenvalue weighted by atomic mass is 9.93. The van der Waals surface area contributed by atoms with E-state index in [0.717, 1.165) is 5.69 Å². The molecule has 0 fully saturated rings. The Bertz CT molecular complexity index is 1070. The Morgan fingerprint density at radius 2 is 1.64 bits per heavy atom. The van der Waals surface area contributed by atoms with Gasteiger partial charge in [-0.05, 0) is 30.0 Å². The molecule has 1 amide bonds. The number of anilines is 1. The summed E-state index contributed by atoms with van der Waals surface area (Å²) in [5, 5.41) is 0.705. The van der Waals surface area contributed by atoms with Crippen LogP contribution in [0.25, 0.3) is 11.0 Å². The Balaban J connectivity index is 2.10. The van der Waals surface area contributed by atoms with Crippen molar-refractivity contribution in [2.24, 2.45) is 11.8 Å². The summed E-state index contributed by atoms with van der Waals surface area (Å²) in [6.45, 7) is 7.70. The number of rotatable bonds is 11. The van der Waals surface area contributed by atoms with Crippen molar-refractivity contribution in [1.82, 2.24) is 4.90 Å². The van der Waals surface area contributed by atoms with E-state index in [2.05, 4.69) is 0 Å². The zero-order chi connectivity index (χ0) is 24.9. The van der Waals surface area contributed by atoms with Crippen LogP contribution in [0.1, 0.15) is 52.5 Å². The second kappa shape index (κ2) is 11.3. The molecule has 2 rings (SSSR count). The van der Waals surface area contributed by atoms with Crippen molar-refractivity contribution < 1.29 is 18.8 Å². The average molecular weight is 457 g/mol. The van der Waals surface area contributed by atoms with Crippen molar-refractivity contribution in [3.8, 4) is 0 Å². The Hall–Kier alpha value is -2.96. The van der Waals surface area contributed by atoms with Crippen LogP contribution >= 0.6 is 0 Å². The average Bonchev–Trinajstić information content (AvgIpc) is 2.73. The molecule has 1 atom stereocenters. The first-order valence-corrected chi connectivity index (χ1v) is 11.5. The van der Waals surface area contributed by atoms with Crippen LogP contribution < -0.4 is 10.5 Å². The monoisotopic (exact) mass is 456 g/mol. The van der Waals surface area contributed by atoms with Gasteiger partial charge in [0.2, 0.25) is 5.91 Å². The molecule has 0 aliphatic heterocycles. The van der Waals surface area contributed by atoms with Crippen LogP contribution in [0.15, 0.2) is 33.5 Å². The summed E-state index contributed by atoms with van der Waals surface area (Å²) in [5.41, 5.74) is 1.39. The number of ketones is 2. The summed E-state index contributed by atoms with van der Waals surface area (Å²) in [4.78, 5) is 53.5. The molecule has 0 N–H and O–H groups in total. The van der Waals surface area contributed by atoms with Crippen molar-refractivity contribution in [3.05, 3.63) is 40.2 Å². The van der Waals surface area contributed by atoms with Crippen LogP contribution in [-0.4, -0.2) is 49.6 Å². The Labute approximate surface area is 195 Å². The molecular formula is C26H36N2O5. The number of hydrogen-bond donors (Lipinski definition) is 0. The van der Waals surface area contributed by atoms with Gasteiger partial charge >= 0.3 is 5.63 Å². The third kappa shape index (κ3) is 7.01. The van der Waals surface area contributed by atoms with Crippen LogP contribution in [0, 0.1) is 11.8 Å². The fraction of sp³-hybridized carbons (Fsp3) is 0.538. The maximum Gasteiger partial charge on any atom is 0.336 e. The lowest BCUT2D eigenvalue weighted by Gasteiger charge is -2.29. The predicted octanol–water partition coefficient (Wildman–Crippen LogP) is 3.85. The number of hydrogen-bond acceptors (Lipinski definition) is 6. The zero-order valence-corrected chi connectivity index (χ0v) is 20.8. The number of carbonyl (C=O) groups is 3. The molecule has 33 heavy (non-hydrogen) atoms. The topological polar surface area (TPSA) is 87.9 Å². The van der Waals surface area contributed by atoms with E-state index in [0.29, 0.717) is 23.0 Å². The maximum atomic E-state index is 12.8. The molecule has 0 saturated heterocycles. The van der Waals surface area contributed by atoms with Gasteiger partial charge in [-0.2, -0.15) is 0 Å². The van der Waals surface area contributed by atoms with E-state index in [1.807, 2.05) is 58.8 Å². The van der Waals surface area contributed by atoms with Gasteiger partial charge in [-0.15, -0.1) is 0 Å². The first-order chi connectivity index (χ1) is 15.4. The molecule has 0 aliphatic carbocycles. The first-order valence-electron chi connectivity index (χ1n) is 11.5. The van der Waals surface area contributed by atoms with Gasteiger partial charge in [-0.25, -0.2) is 4.79 Å². The molecule has 7 heteroatoms. The molecule has 0 radical (unpaired) electrons. The van der Waals surface area contributed by atoms with E-state index < -0.39 is 11.7 Å². The van der Waals surface area contributed by atoms with Crippen LogP contribution in [0.4, 0.5) is 5.69 Å². The third-order valence-electron chi connectivity index (χ3n) is 5.79. The highest BCUT2D eigenvalue weighted by Crippen LogP contribution is 2.23. The number of carbonyl (C=O) groups excluding carboxylic acids is 3. The predicted molar refractivity (Wildman–Crippen MR) is 131 cm³/mol. The molecule has 0 saturated carbocycles. The van der Waals surface area contributed by atoms with E-state index in [1.54, 1.807) is 13.1 Å². The van der Waals surface area contributed by atoms with Crippen molar-refractivity contribution in [1.29, 1.82) is 0 Å². The molecule has 0 aliphatic rings. The molecular weight excluding hydrogens is 420 g/mol. The molecule has 7 nitrogen and oxygen atoms in total. The quantitative estimate of drug-likeness (QED) is 0.477. The number of likely N-dealkylation sites (N-methyl/N-ethyl adjacent to an activating group) is 1. The van der Waals surface area contributed by atoms with Crippen molar-refractivity contribution in [3.63, 3.8) is 0 Å². The van der Waals surface area contributed by atoms with Crippen LogP contribution in [0.3, 0.4) is 0 Å². The van der Waals surface area contributed by atoms with Gasteiger partial charge in [-0.1, -0.05) is 27.7 Å². The summed E-state index contributed by atoms with van der Waals surface area (Å²) in [5.74, 6) is -0.241. The molecule has 1 heterocycles. The Morgan fingerprint density at radius 1 is 0.970 bits per heavy atom. The number of fused-ring (bicyclic) bond motifs is 1. The number of amides is 1. The van der Waals surface area contributed by atoms with E-state index in [4.69, 9.17) is 4.42 Å². The van der Waals surface area contributed by atoms with Gasteiger partial charge in [0.1, 0.15) is 11.4 Å². The first kappa shape index (κ1) is 26.3. The molecule has 0 bridgehead atoms. The van der Waals surface area contributed by atoms with Crippen LogP contribution in [-0.2, 0) is 20.8 Å². The largest absolute Gasteiger partial charge is 0.423 e. The summed E-state index contributed by atoms with van der Waals surface area (Å²) in [6, 6.07) is 6.35. The molecule has 1 aromatic heterocycles. The minimum Gasteiger partial charge on any atom is -0.423 e. The van der Waals surface area contributed by atoms with Crippen molar-refractivity contribution in [2.45, 2.75) is 59.4 Å². The Morgan fingerprint density at radius 3 is 2.21 bits per heavy atom. The van der Waals surface area contributed by atoms with Crippen molar-refractivity contribution >= 4 is 34.1 Å². The summed E-state index contributed by atoms with van der Waals surface area (Å²) in [7, 11) is 5.42. The van der Waals surface area contributed by atoms with Gasteiger partial charge in [0.05, 0.1) is 6.04 Å². The Kier molecular flexibility index (Phi) is 8.97. The van der Waals surface area contributed by atoms with E-state index >= 15 is 0 Å². The fourth-order valence-corrected chi connectivity index (χ4v) is 3.84. The minimum absolute atomic E-state index is 0.0272. The lowest BCUT2D eigenvalue weighted by molar-refractivity contribution is -0.140. The van der Waals surface area contributed by atoms with Gasteiger partial charge in [0.15, 0.2) is 5.78 Å². The molecule has 1 aromatic carbocycles. The standard InChI is InChI=1S/C26H36N2O5/c1-16(2)12-22(26(32)17(3)4)28(7)24(30)11-9-20(29)13-18-14-25(31)33-23-15-19(27(5)6)8-10-21(18)23/h8,10,14-17,22H,9,11-13H2,1-7H3/t22-/m0/s1. The van der Waals surface area contributed by atoms with Crippen LogP contribution in [0.5, 0.6) is 0 Å². The van der Waals surface area contributed by atoms with E-state index in [1.165, 1.54) is 11.0 Å². The molecule has 0 unspecified atom stereocenters. The highest BCUT2D eigenvalue weighted by molar-refractivity contribution is 5.93. The fourth-order valence-electron chi connectivity index (χ4n) is 3.84. The van der Waals surface area contributed by atoms with Crippen molar-refractivity contribution in [2.75, 3.05) is 26.0 Å². The lowest BCUT2D eigenvalue weighted by Crippen LogP contribution is -2.45. The number of Topliss-reactive ketones (excluding diaryl/α,β-unsaturated/α-hetero) is 2. The zero-order valence-electron chi connectivity index (χ0n) is 20.8. The van der Waals surface area contributed by atoms with Crippen LogP contribution in [0.2, 0.25) is 0 Å². The molecule has 2 aromatic rings. The van der Waals surface area contributed by atoms with E-state index in [-0.39, 0.29) is 48.6 Å². The SMILES string of the molecule is CC(C)C[C@@H](C(=O)C(C)C)N(C)C(=O)CCC(=O)Cc1cc(=O)oc2cc(N(C)C)ccc12. The van der Waals surface area contributed by atoms with Gasteiger partial charge in [-0.3, -0.25) is 14.4 Å². The smallest absolute Gasteiger partial charge is 0.336 e.